The number of ether oxygens (including phenoxy) is 2. The Morgan fingerprint density at radius 2 is 1.80 bits per heavy atom. The van der Waals surface area contributed by atoms with Crippen molar-refractivity contribution < 1.29 is 45.0 Å². The molecule has 3 rings (SSSR count). The van der Waals surface area contributed by atoms with E-state index in [4.69, 9.17) is 9.15 Å². The van der Waals surface area contributed by atoms with E-state index in [1.54, 1.807) is 30.3 Å². The summed E-state index contributed by atoms with van der Waals surface area (Å²) in [6, 6.07) is 11.2. The molecule has 1 aromatic heterocycles. The summed E-state index contributed by atoms with van der Waals surface area (Å²) in [4.78, 5) is 12.2. The average Bonchev–Trinajstić information content (AvgIpc) is 3.27. The number of benzene rings is 2. The molecular weight excluding hydrogens is 558 g/mol. The third kappa shape index (κ3) is 9.83. The number of esters is 1. The number of halogens is 6. The number of carbonyl (C=O) groups is 1. The summed E-state index contributed by atoms with van der Waals surface area (Å²) in [7, 11) is 0. The highest BCUT2D eigenvalue weighted by Crippen LogP contribution is 2.39. The lowest BCUT2D eigenvalue weighted by atomic mass is 10.0. The fourth-order valence-corrected chi connectivity index (χ4v) is 4.97. The van der Waals surface area contributed by atoms with Crippen LogP contribution >= 0.6 is 11.8 Å². The number of unbranched alkanes of at least 4 members (excludes halogenated alkanes) is 2. The molecule has 0 N–H and O–H groups in total. The molecule has 0 aliphatic heterocycles. The normalized spacial score (nSPS) is 12.9. The molecule has 2 aromatic carbocycles. The van der Waals surface area contributed by atoms with E-state index in [9.17, 15) is 31.1 Å². The van der Waals surface area contributed by atoms with Crippen LogP contribution < -0.4 is 4.74 Å². The van der Waals surface area contributed by atoms with Crippen LogP contribution in [0.4, 0.5) is 26.3 Å². The molecule has 0 saturated carbocycles. The molecule has 0 saturated heterocycles. The Bertz CT molecular complexity index is 1310. The van der Waals surface area contributed by atoms with Gasteiger partial charge in [0.1, 0.15) is 17.1 Å². The first-order chi connectivity index (χ1) is 18.7. The van der Waals surface area contributed by atoms with Gasteiger partial charge in [0.25, 0.3) is 0 Å². The van der Waals surface area contributed by atoms with Crippen molar-refractivity contribution in [3.8, 4) is 17.1 Å². The Morgan fingerprint density at radius 3 is 2.45 bits per heavy atom. The van der Waals surface area contributed by atoms with Gasteiger partial charge in [0.2, 0.25) is 0 Å². The fourth-order valence-electron chi connectivity index (χ4n) is 3.97. The van der Waals surface area contributed by atoms with Crippen molar-refractivity contribution in [3.05, 3.63) is 60.2 Å². The van der Waals surface area contributed by atoms with Crippen LogP contribution in [0.25, 0.3) is 22.3 Å². The molecule has 40 heavy (non-hydrogen) atoms. The van der Waals surface area contributed by atoms with Crippen LogP contribution in [-0.2, 0) is 16.0 Å². The van der Waals surface area contributed by atoms with Gasteiger partial charge in [0.15, 0.2) is 0 Å². The zero-order chi connectivity index (χ0) is 29.5. The summed E-state index contributed by atoms with van der Waals surface area (Å²) in [5.74, 6) is -1.95. The molecule has 0 aliphatic rings. The zero-order valence-electron chi connectivity index (χ0n) is 22.1. The minimum atomic E-state index is -4.89. The number of rotatable bonds is 13. The lowest BCUT2D eigenvalue weighted by molar-refractivity contribution is -0.274. The van der Waals surface area contributed by atoms with Gasteiger partial charge in [-0.1, -0.05) is 32.4 Å². The van der Waals surface area contributed by atoms with E-state index in [-0.39, 0.29) is 28.4 Å². The maximum atomic E-state index is 13.2. The van der Waals surface area contributed by atoms with Gasteiger partial charge < -0.3 is 13.9 Å². The minimum absolute atomic E-state index is 0.00508. The average molecular weight is 589 g/mol. The molecule has 0 aliphatic carbocycles. The Hall–Kier alpha value is -3.08. The lowest BCUT2D eigenvalue weighted by Crippen LogP contribution is -2.23. The first-order valence-electron chi connectivity index (χ1n) is 12.7. The second kappa shape index (κ2) is 13.5. The highest BCUT2D eigenvalue weighted by molar-refractivity contribution is 7.99. The molecule has 0 spiro atoms. The van der Waals surface area contributed by atoms with E-state index in [1.165, 1.54) is 19.1 Å². The standard InChI is InChI=1S/C29H30F6O4S/c1-4-5-6-7-19-8-11-23(26(12-19)39-29(33,34)35)25-13-21-9-10-22(14-24(21)38-25)40-17-20(15-28(30,31)32)16-37-27(36)18(2)3/h8-14,20H,2,4-7,15-17H2,1,3H3. The Labute approximate surface area is 232 Å². The Morgan fingerprint density at radius 1 is 1.05 bits per heavy atom. The van der Waals surface area contributed by atoms with Crippen molar-refractivity contribution in [1.29, 1.82) is 0 Å². The second-order valence-electron chi connectivity index (χ2n) is 9.52. The van der Waals surface area contributed by atoms with Crippen molar-refractivity contribution in [2.45, 2.75) is 63.4 Å². The zero-order valence-corrected chi connectivity index (χ0v) is 22.9. The number of furan rings is 1. The van der Waals surface area contributed by atoms with E-state index in [2.05, 4.69) is 11.3 Å². The van der Waals surface area contributed by atoms with Crippen LogP contribution in [0.2, 0.25) is 0 Å². The van der Waals surface area contributed by atoms with Crippen LogP contribution in [-0.4, -0.2) is 30.9 Å². The number of alkyl halides is 6. The van der Waals surface area contributed by atoms with Gasteiger partial charge in [-0.3, -0.25) is 0 Å². The fraction of sp³-hybridized carbons (Fsp3) is 0.414. The summed E-state index contributed by atoms with van der Waals surface area (Å²) < 4.78 is 93.8. The summed E-state index contributed by atoms with van der Waals surface area (Å²) in [6.07, 6.45) is -7.07. The molecule has 0 radical (unpaired) electrons. The summed E-state index contributed by atoms with van der Waals surface area (Å²) in [5, 5.41) is 0.603. The van der Waals surface area contributed by atoms with Crippen molar-refractivity contribution in [1.82, 2.24) is 0 Å². The third-order valence-electron chi connectivity index (χ3n) is 5.90. The Kier molecular flexibility index (Phi) is 10.6. The number of aryl methyl sites for hydroxylation is 1. The van der Waals surface area contributed by atoms with E-state index < -0.39 is 37.5 Å². The van der Waals surface area contributed by atoms with Gasteiger partial charge in [0, 0.05) is 27.5 Å². The quantitative estimate of drug-likeness (QED) is 0.0654. The first kappa shape index (κ1) is 31.4. The van der Waals surface area contributed by atoms with E-state index in [1.807, 2.05) is 6.92 Å². The third-order valence-corrected chi connectivity index (χ3v) is 7.13. The van der Waals surface area contributed by atoms with Gasteiger partial charge in [-0.15, -0.1) is 24.9 Å². The molecule has 1 unspecified atom stereocenters. The smallest absolute Gasteiger partial charge is 0.462 e. The largest absolute Gasteiger partial charge is 0.573 e. The molecule has 4 nitrogen and oxygen atoms in total. The topological polar surface area (TPSA) is 48.7 Å². The van der Waals surface area contributed by atoms with Crippen LogP contribution in [0.1, 0.15) is 45.1 Å². The van der Waals surface area contributed by atoms with Gasteiger partial charge in [0.05, 0.1) is 18.6 Å². The maximum Gasteiger partial charge on any atom is 0.573 e. The highest BCUT2D eigenvalue weighted by Gasteiger charge is 2.34. The number of thioether (sulfide) groups is 1. The monoisotopic (exact) mass is 588 g/mol. The van der Waals surface area contributed by atoms with E-state index >= 15 is 0 Å². The number of hydrogen-bond acceptors (Lipinski definition) is 5. The summed E-state index contributed by atoms with van der Waals surface area (Å²) in [6.45, 7) is 6.45. The number of hydrogen-bond donors (Lipinski definition) is 0. The summed E-state index contributed by atoms with van der Waals surface area (Å²) in [5.41, 5.74) is 1.29. The highest BCUT2D eigenvalue weighted by atomic mass is 32.2. The van der Waals surface area contributed by atoms with Crippen LogP contribution in [0, 0.1) is 5.92 Å². The molecule has 0 bridgehead atoms. The van der Waals surface area contributed by atoms with Crippen molar-refractivity contribution in [2.75, 3.05) is 12.4 Å². The first-order valence-corrected chi connectivity index (χ1v) is 13.7. The second-order valence-corrected chi connectivity index (χ2v) is 10.6. The SMILES string of the molecule is C=C(C)C(=O)OCC(CSc1ccc2cc(-c3ccc(CCCCC)cc3OC(F)(F)F)oc2c1)CC(F)(F)F. The number of fused-ring (bicyclic) bond motifs is 1. The summed E-state index contributed by atoms with van der Waals surface area (Å²) >= 11 is 1.12. The lowest BCUT2D eigenvalue weighted by Gasteiger charge is -2.18. The predicted octanol–water partition coefficient (Wildman–Crippen LogP) is 9.51. The molecule has 1 heterocycles. The molecule has 1 atom stereocenters. The van der Waals surface area contributed by atoms with Gasteiger partial charge in [-0.2, -0.15) is 13.2 Å². The van der Waals surface area contributed by atoms with E-state index in [0.29, 0.717) is 27.8 Å². The van der Waals surface area contributed by atoms with Crippen molar-refractivity contribution in [2.24, 2.45) is 5.92 Å². The van der Waals surface area contributed by atoms with Crippen molar-refractivity contribution >= 4 is 28.7 Å². The minimum Gasteiger partial charge on any atom is -0.462 e. The van der Waals surface area contributed by atoms with Gasteiger partial charge in [-0.25, -0.2) is 4.79 Å². The Balaban J connectivity index is 1.81. The van der Waals surface area contributed by atoms with Gasteiger partial charge >= 0.3 is 18.5 Å². The van der Waals surface area contributed by atoms with Gasteiger partial charge in [-0.05, 0) is 61.7 Å². The van der Waals surface area contributed by atoms with E-state index in [0.717, 1.165) is 31.0 Å². The molecule has 11 heteroatoms. The maximum absolute atomic E-state index is 13.2. The molecular formula is C29H30F6O4S. The van der Waals surface area contributed by atoms with Crippen LogP contribution in [0.5, 0.6) is 5.75 Å². The number of carbonyl (C=O) groups excluding carboxylic acids is 1. The van der Waals surface area contributed by atoms with Crippen molar-refractivity contribution in [3.63, 3.8) is 0 Å². The van der Waals surface area contributed by atoms with Crippen LogP contribution in [0.3, 0.4) is 0 Å². The molecule has 218 valence electrons. The predicted molar refractivity (Wildman–Crippen MR) is 142 cm³/mol. The molecule has 0 amide bonds. The molecule has 3 aromatic rings. The molecule has 0 fully saturated rings. The van der Waals surface area contributed by atoms with Crippen LogP contribution in [0.15, 0.2) is 63.9 Å².